The SMILES string of the molecule is CC(Sc1ccc(NC(=S)Nc2ccccc2)cc1)C(=O)Nc1nc(-c2cccs2)cs1. The van der Waals surface area contributed by atoms with E-state index in [-0.39, 0.29) is 11.2 Å². The Kier molecular flexibility index (Phi) is 7.54. The first-order valence-corrected chi connectivity index (χ1v) is 12.8. The summed E-state index contributed by atoms with van der Waals surface area (Å²) in [6, 6.07) is 21.6. The molecule has 162 valence electrons. The van der Waals surface area contributed by atoms with Gasteiger partial charge in [-0.25, -0.2) is 4.98 Å². The van der Waals surface area contributed by atoms with Crippen molar-refractivity contribution >= 4 is 74.2 Å². The fraction of sp³-hybridized carbons (Fsp3) is 0.0870. The summed E-state index contributed by atoms with van der Waals surface area (Å²) in [4.78, 5) is 19.2. The molecule has 2 aromatic heterocycles. The number of nitrogens with zero attached hydrogens (tertiary/aromatic N) is 1. The zero-order chi connectivity index (χ0) is 22.3. The molecular weight excluding hydrogens is 477 g/mol. The fourth-order valence-corrected chi connectivity index (χ4v) is 5.34. The number of anilines is 3. The second-order valence-corrected chi connectivity index (χ2v) is 10.4. The Balaban J connectivity index is 1.28. The van der Waals surface area contributed by atoms with Crippen molar-refractivity contribution in [2.45, 2.75) is 17.1 Å². The second-order valence-electron chi connectivity index (χ2n) is 6.73. The molecule has 0 saturated carbocycles. The Labute approximate surface area is 204 Å². The molecule has 0 spiro atoms. The molecule has 0 radical (unpaired) electrons. The van der Waals surface area contributed by atoms with Crippen LogP contribution in [0.1, 0.15) is 6.92 Å². The quantitative estimate of drug-likeness (QED) is 0.193. The van der Waals surface area contributed by atoms with Gasteiger partial charge in [-0.2, -0.15) is 0 Å². The molecule has 32 heavy (non-hydrogen) atoms. The first-order valence-electron chi connectivity index (χ1n) is 9.77. The van der Waals surface area contributed by atoms with Gasteiger partial charge in [-0.15, -0.1) is 34.4 Å². The van der Waals surface area contributed by atoms with E-state index in [0.29, 0.717) is 10.2 Å². The molecule has 2 heterocycles. The van der Waals surface area contributed by atoms with Gasteiger partial charge in [0.2, 0.25) is 5.91 Å². The van der Waals surface area contributed by atoms with Crippen molar-refractivity contribution in [3.63, 3.8) is 0 Å². The minimum atomic E-state index is -0.260. The van der Waals surface area contributed by atoms with Gasteiger partial charge in [0.1, 0.15) is 0 Å². The summed E-state index contributed by atoms with van der Waals surface area (Å²) < 4.78 is 0. The van der Waals surface area contributed by atoms with Crippen LogP contribution >= 0.6 is 46.7 Å². The third kappa shape index (κ3) is 6.17. The number of rotatable bonds is 7. The van der Waals surface area contributed by atoms with E-state index in [2.05, 4.69) is 20.9 Å². The normalized spacial score (nSPS) is 11.5. The van der Waals surface area contributed by atoms with E-state index in [0.717, 1.165) is 26.8 Å². The van der Waals surface area contributed by atoms with E-state index in [9.17, 15) is 4.79 Å². The highest BCUT2D eigenvalue weighted by atomic mass is 32.2. The van der Waals surface area contributed by atoms with Crippen LogP contribution in [-0.4, -0.2) is 21.3 Å². The molecule has 4 aromatic rings. The number of hydrogen-bond acceptors (Lipinski definition) is 6. The number of thiocarbonyl (C=S) groups is 1. The molecule has 9 heteroatoms. The van der Waals surface area contributed by atoms with Crippen molar-refractivity contribution in [1.29, 1.82) is 0 Å². The number of amides is 1. The number of thiophene rings is 1. The zero-order valence-electron chi connectivity index (χ0n) is 17.1. The third-order valence-electron chi connectivity index (χ3n) is 4.33. The number of hydrogen-bond donors (Lipinski definition) is 3. The highest BCUT2D eigenvalue weighted by Gasteiger charge is 2.16. The van der Waals surface area contributed by atoms with Crippen molar-refractivity contribution < 1.29 is 4.79 Å². The average molecular weight is 497 g/mol. The molecule has 0 bridgehead atoms. The molecule has 1 unspecified atom stereocenters. The molecule has 1 atom stereocenters. The number of nitrogens with one attached hydrogen (secondary N) is 3. The van der Waals surface area contributed by atoms with Gasteiger partial charge >= 0.3 is 0 Å². The lowest BCUT2D eigenvalue weighted by Crippen LogP contribution is -2.22. The Morgan fingerprint density at radius 2 is 1.66 bits per heavy atom. The summed E-state index contributed by atoms with van der Waals surface area (Å²) in [5.74, 6) is -0.0717. The standard InChI is InChI=1S/C23H20N4OS4/c1-15(21(28)27-23-26-19(14-31-23)20-8-5-13-30-20)32-18-11-9-17(10-12-18)25-22(29)24-16-6-3-2-4-7-16/h2-15H,1H3,(H2,24,25,29)(H,26,27,28). The topological polar surface area (TPSA) is 66.0 Å². The molecule has 0 aliphatic carbocycles. The highest BCUT2D eigenvalue weighted by Crippen LogP contribution is 2.30. The number of thioether (sulfide) groups is 1. The summed E-state index contributed by atoms with van der Waals surface area (Å²) in [5.41, 5.74) is 2.70. The second kappa shape index (κ2) is 10.7. The van der Waals surface area contributed by atoms with Crippen LogP contribution in [0, 0.1) is 0 Å². The molecule has 0 fully saturated rings. The summed E-state index contributed by atoms with van der Waals surface area (Å²) in [5, 5.41) is 14.1. The van der Waals surface area contributed by atoms with Crippen LogP contribution in [0.15, 0.2) is 82.4 Å². The van der Waals surface area contributed by atoms with Gasteiger partial charge in [-0.05, 0) is 67.0 Å². The number of para-hydroxylation sites is 1. The monoisotopic (exact) mass is 496 g/mol. The number of carbonyl (C=O) groups excluding carboxylic acids is 1. The predicted octanol–water partition coefficient (Wildman–Crippen LogP) is 6.80. The lowest BCUT2D eigenvalue weighted by atomic mass is 10.3. The number of thiazole rings is 1. The first-order chi connectivity index (χ1) is 15.6. The van der Waals surface area contributed by atoms with Gasteiger partial charge in [0.25, 0.3) is 0 Å². The molecular formula is C23H20N4OS4. The van der Waals surface area contributed by atoms with Gasteiger partial charge in [0.05, 0.1) is 15.8 Å². The molecule has 2 aromatic carbocycles. The Bertz CT molecular complexity index is 1170. The number of aromatic nitrogens is 1. The van der Waals surface area contributed by atoms with Crippen LogP contribution in [0.4, 0.5) is 16.5 Å². The summed E-state index contributed by atoms with van der Waals surface area (Å²) in [6.45, 7) is 1.89. The largest absolute Gasteiger partial charge is 0.332 e. The molecule has 0 saturated heterocycles. The Hall–Kier alpha value is -2.72. The lowest BCUT2D eigenvalue weighted by Gasteiger charge is -2.12. The van der Waals surface area contributed by atoms with Crippen LogP contribution in [0.25, 0.3) is 10.6 Å². The molecule has 1 amide bonds. The number of benzene rings is 2. The summed E-state index contributed by atoms with van der Waals surface area (Å²) in [6.07, 6.45) is 0. The molecule has 5 nitrogen and oxygen atoms in total. The maximum atomic E-state index is 12.6. The van der Waals surface area contributed by atoms with E-state index in [1.54, 1.807) is 11.3 Å². The molecule has 0 aliphatic heterocycles. The van der Waals surface area contributed by atoms with Gasteiger partial charge in [0, 0.05) is 21.7 Å². The Morgan fingerprint density at radius 1 is 0.938 bits per heavy atom. The van der Waals surface area contributed by atoms with E-state index in [4.69, 9.17) is 12.2 Å². The van der Waals surface area contributed by atoms with Gasteiger partial charge in [-0.1, -0.05) is 24.3 Å². The van der Waals surface area contributed by atoms with Gasteiger partial charge in [0.15, 0.2) is 10.2 Å². The minimum absolute atomic E-state index is 0.0717. The third-order valence-corrected chi connectivity index (χ3v) is 7.30. The Morgan fingerprint density at radius 3 is 2.34 bits per heavy atom. The summed E-state index contributed by atoms with van der Waals surface area (Å²) in [7, 11) is 0. The van der Waals surface area contributed by atoms with Crippen molar-refractivity contribution in [2.75, 3.05) is 16.0 Å². The van der Waals surface area contributed by atoms with E-state index >= 15 is 0 Å². The fourth-order valence-electron chi connectivity index (χ4n) is 2.77. The van der Waals surface area contributed by atoms with Crippen molar-refractivity contribution in [3.05, 3.63) is 77.5 Å². The predicted molar refractivity (Wildman–Crippen MR) is 142 cm³/mol. The minimum Gasteiger partial charge on any atom is -0.332 e. The van der Waals surface area contributed by atoms with E-state index < -0.39 is 0 Å². The zero-order valence-corrected chi connectivity index (χ0v) is 20.3. The van der Waals surface area contributed by atoms with Gasteiger partial charge in [-0.3, -0.25) is 4.79 Å². The van der Waals surface area contributed by atoms with Crippen LogP contribution in [0.2, 0.25) is 0 Å². The van der Waals surface area contributed by atoms with Crippen LogP contribution in [-0.2, 0) is 4.79 Å². The van der Waals surface area contributed by atoms with Gasteiger partial charge < -0.3 is 16.0 Å². The van der Waals surface area contributed by atoms with Crippen LogP contribution in [0.3, 0.4) is 0 Å². The summed E-state index contributed by atoms with van der Waals surface area (Å²) >= 11 is 9.92. The van der Waals surface area contributed by atoms with Crippen LogP contribution in [0.5, 0.6) is 0 Å². The molecule has 0 aliphatic rings. The number of carbonyl (C=O) groups is 1. The van der Waals surface area contributed by atoms with Crippen molar-refractivity contribution in [1.82, 2.24) is 4.98 Å². The van der Waals surface area contributed by atoms with Crippen LogP contribution < -0.4 is 16.0 Å². The molecule has 3 N–H and O–H groups in total. The maximum Gasteiger partial charge on any atom is 0.239 e. The van der Waals surface area contributed by atoms with Crippen molar-refractivity contribution in [2.24, 2.45) is 0 Å². The highest BCUT2D eigenvalue weighted by molar-refractivity contribution is 8.00. The smallest absolute Gasteiger partial charge is 0.239 e. The van der Waals surface area contributed by atoms with E-state index in [1.165, 1.54) is 23.1 Å². The maximum absolute atomic E-state index is 12.6. The van der Waals surface area contributed by atoms with Crippen molar-refractivity contribution in [3.8, 4) is 10.6 Å². The van der Waals surface area contributed by atoms with E-state index in [1.807, 2.05) is 84.4 Å². The first kappa shape index (κ1) is 22.5. The molecule has 4 rings (SSSR count). The average Bonchev–Trinajstić information content (AvgIpc) is 3.48. The lowest BCUT2D eigenvalue weighted by molar-refractivity contribution is -0.115.